The minimum absolute atomic E-state index is 0.210. The summed E-state index contributed by atoms with van der Waals surface area (Å²) in [5.74, 6) is -0.230. The Morgan fingerprint density at radius 3 is 2.17 bits per heavy atom. The number of carbonyl (C=O) groups is 1. The van der Waals surface area contributed by atoms with Crippen LogP contribution in [0.1, 0.15) is 101 Å². The van der Waals surface area contributed by atoms with Crippen LogP contribution >= 0.6 is 0 Å². The molecular formula is C40H56N2O4. The minimum Gasteiger partial charge on any atom is -0.489 e. The van der Waals surface area contributed by atoms with E-state index in [1.807, 2.05) is 65.0 Å². The van der Waals surface area contributed by atoms with Crippen LogP contribution in [0.5, 0.6) is 5.75 Å². The zero-order valence-electron chi connectivity index (χ0n) is 29.5. The van der Waals surface area contributed by atoms with E-state index in [4.69, 9.17) is 9.47 Å². The topological polar surface area (TPSA) is 80.2 Å². The number of hydrogen-bond acceptors (Lipinski definition) is 5. The van der Waals surface area contributed by atoms with Crippen molar-refractivity contribution >= 4 is 29.1 Å². The normalized spacial score (nSPS) is 12.0. The molecule has 46 heavy (non-hydrogen) atoms. The number of rotatable bonds is 16. The highest BCUT2D eigenvalue weighted by molar-refractivity contribution is 5.92. The molecule has 0 radical (unpaired) electrons. The summed E-state index contributed by atoms with van der Waals surface area (Å²) in [4.78, 5) is 16.3. The van der Waals surface area contributed by atoms with Gasteiger partial charge in [-0.2, -0.15) is 0 Å². The zero-order chi connectivity index (χ0) is 34.3. The number of nitrogens with zero attached hydrogens (tertiary/aromatic N) is 1. The lowest BCUT2D eigenvalue weighted by atomic mass is 9.97. The lowest BCUT2D eigenvalue weighted by Crippen LogP contribution is -2.18. The van der Waals surface area contributed by atoms with Crippen molar-refractivity contribution in [3.05, 3.63) is 107 Å². The third-order valence-electron chi connectivity index (χ3n) is 7.12. The molecule has 0 amide bonds. The Labute approximate surface area is 278 Å². The van der Waals surface area contributed by atoms with Crippen LogP contribution in [0, 0.1) is 6.92 Å². The Kier molecular flexibility index (Phi) is 20.1. The first kappa shape index (κ1) is 39.9. The van der Waals surface area contributed by atoms with Gasteiger partial charge in [-0.15, -0.1) is 0 Å². The van der Waals surface area contributed by atoms with Crippen LogP contribution in [0.2, 0.25) is 0 Å². The van der Waals surface area contributed by atoms with Crippen LogP contribution in [0.4, 0.5) is 11.4 Å². The van der Waals surface area contributed by atoms with Gasteiger partial charge in [0.25, 0.3) is 0 Å². The molecule has 0 bridgehead atoms. The third-order valence-corrected chi connectivity index (χ3v) is 7.12. The average molecular weight is 629 g/mol. The summed E-state index contributed by atoms with van der Waals surface area (Å²) in [7, 11) is 1.68. The summed E-state index contributed by atoms with van der Waals surface area (Å²) >= 11 is 0. The zero-order valence-corrected chi connectivity index (χ0v) is 29.5. The second-order valence-corrected chi connectivity index (χ2v) is 10.3. The monoisotopic (exact) mass is 628 g/mol. The van der Waals surface area contributed by atoms with Gasteiger partial charge in [-0.1, -0.05) is 96.4 Å². The fourth-order valence-corrected chi connectivity index (χ4v) is 4.60. The van der Waals surface area contributed by atoms with E-state index in [9.17, 15) is 9.90 Å². The van der Waals surface area contributed by atoms with Crippen molar-refractivity contribution in [2.45, 2.75) is 87.1 Å². The predicted octanol–water partition coefficient (Wildman–Crippen LogP) is 10.9. The smallest absolute Gasteiger partial charge is 0.335 e. The number of hydrogen-bond donors (Lipinski definition) is 2. The van der Waals surface area contributed by atoms with Crippen LogP contribution < -0.4 is 10.1 Å². The van der Waals surface area contributed by atoms with Gasteiger partial charge in [0.15, 0.2) is 0 Å². The van der Waals surface area contributed by atoms with Crippen molar-refractivity contribution in [3.63, 3.8) is 0 Å². The molecule has 2 N–H and O–H groups in total. The molecule has 6 heteroatoms. The molecule has 6 nitrogen and oxygen atoms in total. The molecule has 0 aliphatic heterocycles. The molecule has 0 aromatic heterocycles. The SMILES string of the molecule is C/C=C(\C(=C/COC)COc1ccc(C=Nc2cc(C(=O)O)ccc2NC(CC)CCCC)cc1)c1ccc(C)cc1.CC.CC. The molecule has 0 aliphatic rings. The highest BCUT2D eigenvalue weighted by Crippen LogP contribution is 2.29. The van der Waals surface area contributed by atoms with Crippen LogP contribution in [0.15, 0.2) is 89.4 Å². The highest BCUT2D eigenvalue weighted by Gasteiger charge is 2.12. The lowest BCUT2D eigenvalue weighted by Gasteiger charge is -2.19. The van der Waals surface area contributed by atoms with Gasteiger partial charge in [0.2, 0.25) is 0 Å². The van der Waals surface area contributed by atoms with Gasteiger partial charge in [-0.25, -0.2) is 4.79 Å². The van der Waals surface area contributed by atoms with Gasteiger partial charge in [0, 0.05) is 19.4 Å². The molecular weight excluding hydrogens is 572 g/mol. The predicted molar refractivity (Wildman–Crippen MR) is 197 cm³/mol. The van der Waals surface area contributed by atoms with E-state index in [1.54, 1.807) is 25.5 Å². The first-order valence-corrected chi connectivity index (χ1v) is 16.7. The van der Waals surface area contributed by atoms with Gasteiger partial charge in [-0.05, 0) is 91.4 Å². The summed E-state index contributed by atoms with van der Waals surface area (Å²) in [5.41, 5.74) is 7.06. The maximum absolute atomic E-state index is 11.6. The quantitative estimate of drug-likeness (QED) is 0.122. The highest BCUT2D eigenvalue weighted by atomic mass is 16.5. The van der Waals surface area contributed by atoms with Gasteiger partial charge < -0.3 is 19.9 Å². The number of carboxylic acid groups (broad SMARTS) is 1. The molecule has 0 fully saturated rings. The van der Waals surface area contributed by atoms with E-state index in [0.717, 1.165) is 59.4 Å². The lowest BCUT2D eigenvalue weighted by molar-refractivity contribution is 0.0697. The summed E-state index contributed by atoms with van der Waals surface area (Å²) in [6, 6.07) is 21.5. The number of methoxy groups -OCH3 is 1. The Balaban J connectivity index is 0.00000254. The van der Waals surface area contributed by atoms with Crippen LogP contribution in [0.25, 0.3) is 5.57 Å². The fourth-order valence-electron chi connectivity index (χ4n) is 4.60. The number of anilines is 1. The van der Waals surface area contributed by atoms with Gasteiger partial charge in [0.05, 0.1) is 23.5 Å². The van der Waals surface area contributed by atoms with Crippen molar-refractivity contribution in [3.8, 4) is 5.75 Å². The molecule has 3 aromatic rings. The van der Waals surface area contributed by atoms with Crippen molar-refractivity contribution in [2.24, 2.45) is 4.99 Å². The second kappa shape index (κ2) is 23.2. The molecule has 1 unspecified atom stereocenters. The Morgan fingerprint density at radius 2 is 1.61 bits per heavy atom. The van der Waals surface area contributed by atoms with Crippen molar-refractivity contribution in [1.29, 1.82) is 0 Å². The second-order valence-electron chi connectivity index (χ2n) is 10.3. The van der Waals surface area contributed by atoms with Gasteiger partial charge in [-0.3, -0.25) is 4.99 Å². The Morgan fingerprint density at radius 1 is 0.957 bits per heavy atom. The maximum Gasteiger partial charge on any atom is 0.335 e. The molecule has 250 valence electrons. The number of aliphatic imine (C=N–C) groups is 1. The summed E-state index contributed by atoms with van der Waals surface area (Å²) in [6.07, 6.45) is 10.2. The third kappa shape index (κ3) is 13.5. The van der Waals surface area contributed by atoms with Crippen LogP contribution in [0.3, 0.4) is 0 Å². The van der Waals surface area contributed by atoms with E-state index in [1.165, 1.54) is 5.56 Å². The Hall–Kier alpha value is -4.16. The molecule has 0 heterocycles. The van der Waals surface area contributed by atoms with Crippen LogP contribution in [-0.2, 0) is 4.74 Å². The largest absolute Gasteiger partial charge is 0.489 e. The molecule has 3 rings (SSSR count). The van der Waals surface area contributed by atoms with E-state index in [2.05, 4.69) is 67.5 Å². The molecule has 0 saturated carbocycles. The fraction of sp³-hybridized carbons (Fsp3) is 0.400. The molecule has 1 atom stereocenters. The first-order chi connectivity index (χ1) is 22.4. The number of carboxylic acids is 1. The Bertz CT molecular complexity index is 1370. The van der Waals surface area contributed by atoms with Crippen molar-refractivity contribution < 1.29 is 19.4 Å². The summed E-state index contributed by atoms with van der Waals surface area (Å²) in [5, 5.41) is 13.1. The maximum atomic E-state index is 11.6. The number of allylic oxidation sites excluding steroid dienone is 1. The molecule has 0 spiro atoms. The van der Waals surface area contributed by atoms with Crippen molar-refractivity contribution in [2.75, 3.05) is 25.6 Å². The molecule has 0 aliphatic carbocycles. The number of nitrogens with one attached hydrogen (secondary N) is 1. The van der Waals surface area contributed by atoms with E-state index < -0.39 is 5.97 Å². The average Bonchev–Trinajstić information content (AvgIpc) is 3.10. The number of benzene rings is 3. The molecule has 3 aromatic carbocycles. The number of unbranched alkanes of at least 4 members (excludes halogenated alkanes) is 1. The van der Waals surface area contributed by atoms with Crippen molar-refractivity contribution in [1.82, 2.24) is 0 Å². The number of aromatic carboxylic acids is 1. The summed E-state index contributed by atoms with van der Waals surface area (Å²) < 4.78 is 11.5. The first-order valence-electron chi connectivity index (χ1n) is 16.7. The minimum atomic E-state index is -0.972. The molecule has 0 saturated heterocycles. The number of ether oxygens (including phenoxy) is 2. The van der Waals surface area contributed by atoms with Gasteiger partial charge >= 0.3 is 5.97 Å². The van der Waals surface area contributed by atoms with E-state index in [0.29, 0.717) is 24.9 Å². The van der Waals surface area contributed by atoms with E-state index in [-0.39, 0.29) is 5.56 Å². The van der Waals surface area contributed by atoms with E-state index >= 15 is 0 Å². The van der Waals surface area contributed by atoms with Gasteiger partial charge in [0.1, 0.15) is 12.4 Å². The number of aryl methyl sites for hydroxylation is 1. The van der Waals surface area contributed by atoms with Crippen LogP contribution in [-0.4, -0.2) is 43.7 Å². The summed E-state index contributed by atoms with van der Waals surface area (Å²) in [6.45, 7) is 17.3. The standard InChI is InChI=1S/C36H44N2O4.2C2H6/c1-6-9-10-31(7-2)38-34-20-17-29(36(39)40)23-35(34)37-24-27-13-18-32(19-14-27)42-25-30(21-22-41-5)33(8-3)28-15-11-26(4)12-16-28;2*1-2/h8,11-21,23-24,31,38H,6-7,9-10,22,25H2,1-5H3,(H,39,40);2*1-2H3/b30-21-,33-8-,37-24?;;.